The number of nitrogens with one attached hydrogen (secondary N) is 1. The fourth-order valence-electron chi connectivity index (χ4n) is 3.71. The zero-order chi connectivity index (χ0) is 17.7. The molecule has 1 aliphatic heterocycles. The van der Waals surface area contributed by atoms with E-state index in [0.717, 1.165) is 22.3 Å². The van der Waals surface area contributed by atoms with Gasteiger partial charge in [-0.3, -0.25) is 4.79 Å². The Morgan fingerprint density at radius 1 is 1.32 bits per heavy atom. The number of carbonyl (C=O) groups excluding carboxylic acids is 1. The number of aryl methyl sites for hydroxylation is 3. The van der Waals surface area contributed by atoms with Crippen LogP contribution in [0.5, 0.6) is 0 Å². The van der Waals surface area contributed by atoms with Crippen LogP contribution in [0.25, 0.3) is 10.9 Å². The smallest absolute Gasteiger partial charge is 0.253 e. The summed E-state index contributed by atoms with van der Waals surface area (Å²) in [5.41, 5.74) is 11.4. The summed E-state index contributed by atoms with van der Waals surface area (Å²) in [4.78, 5) is 22.6. The van der Waals surface area contributed by atoms with E-state index in [2.05, 4.69) is 16.9 Å². The maximum Gasteiger partial charge on any atom is 0.253 e. The molecule has 2 atom stereocenters. The molecule has 0 aliphatic carbocycles. The molecule has 2 aromatic heterocycles. The van der Waals surface area contributed by atoms with Crippen molar-refractivity contribution in [1.29, 1.82) is 0 Å². The molecule has 6 nitrogen and oxygen atoms in total. The van der Waals surface area contributed by atoms with Crippen LogP contribution in [0.1, 0.15) is 33.2 Å². The molecule has 1 fully saturated rings. The van der Waals surface area contributed by atoms with Crippen molar-refractivity contribution in [3.05, 3.63) is 53.2 Å². The first-order chi connectivity index (χ1) is 11.9. The number of nitrogens with zero attached hydrogens (tertiary/aromatic N) is 3. The third kappa shape index (κ3) is 2.62. The fraction of sp³-hybridized carbons (Fsp3) is 0.368. The lowest BCUT2D eigenvalue weighted by Gasteiger charge is -2.16. The zero-order valence-corrected chi connectivity index (χ0v) is 14.8. The maximum absolute atomic E-state index is 13.0. The minimum absolute atomic E-state index is 0.0361. The SMILES string of the molecule is Cc1[nH]c2ccc(C(=O)N3C[C@@H](N)[C@H](c4cn(C)cn4)C3)cc2c1C. The first-order valence-corrected chi connectivity index (χ1v) is 8.55. The topological polar surface area (TPSA) is 79.9 Å². The Bertz CT molecular complexity index is 954. The Morgan fingerprint density at radius 3 is 2.84 bits per heavy atom. The monoisotopic (exact) mass is 337 g/mol. The molecule has 3 heterocycles. The molecular weight excluding hydrogens is 314 g/mol. The first kappa shape index (κ1) is 15.9. The average Bonchev–Trinajstić information content (AvgIpc) is 3.26. The van der Waals surface area contributed by atoms with Crippen LogP contribution in [0, 0.1) is 13.8 Å². The Morgan fingerprint density at radius 2 is 2.12 bits per heavy atom. The normalized spacial score (nSPS) is 20.6. The van der Waals surface area contributed by atoms with Crippen LogP contribution in [0.4, 0.5) is 0 Å². The Balaban J connectivity index is 1.60. The summed E-state index contributed by atoms with van der Waals surface area (Å²) in [6, 6.07) is 5.77. The molecule has 1 amide bonds. The second-order valence-electron chi connectivity index (χ2n) is 7.08. The Kier molecular flexibility index (Phi) is 3.65. The summed E-state index contributed by atoms with van der Waals surface area (Å²) >= 11 is 0. The standard InChI is InChI=1S/C19H23N5O/c1-11-12(2)22-17-5-4-13(6-14(11)17)19(25)24-7-15(16(20)8-24)18-9-23(3)10-21-18/h4-6,9-10,15-16,22H,7-8,20H2,1-3H3/t15-,16-/m1/s1. The third-order valence-electron chi connectivity index (χ3n) is 5.31. The number of H-pyrrole nitrogens is 1. The van der Waals surface area contributed by atoms with Gasteiger partial charge in [0, 0.05) is 60.5 Å². The van der Waals surface area contributed by atoms with Crippen molar-refractivity contribution in [3.63, 3.8) is 0 Å². The molecule has 1 saturated heterocycles. The highest BCUT2D eigenvalue weighted by molar-refractivity contribution is 5.99. The van der Waals surface area contributed by atoms with E-state index >= 15 is 0 Å². The summed E-state index contributed by atoms with van der Waals surface area (Å²) in [6.07, 6.45) is 3.76. The zero-order valence-electron chi connectivity index (χ0n) is 14.8. The summed E-state index contributed by atoms with van der Waals surface area (Å²) in [5, 5.41) is 1.10. The van der Waals surface area contributed by atoms with Crippen LogP contribution in [-0.4, -0.2) is 44.5 Å². The summed E-state index contributed by atoms with van der Waals surface area (Å²) in [7, 11) is 1.94. The maximum atomic E-state index is 13.0. The van der Waals surface area contributed by atoms with Gasteiger partial charge in [-0.25, -0.2) is 4.98 Å². The summed E-state index contributed by atoms with van der Waals surface area (Å²) < 4.78 is 1.91. The molecule has 3 aromatic rings. The lowest BCUT2D eigenvalue weighted by molar-refractivity contribution is 0.0789. The summed E-state index contributed by atoms with van der Waals surface area (Å²) in [6.45, 7) is 5.29. The van der Waals surface area contributed by atoms with Gasteiger partial charge >= 0.3 is 0 Å². The van der Waals surface area contributed by atoms with E-state index in [1.165, 1.54) is 5.56 Å². The number of aromatic nitrogens is 3. The van der Waals surface area contributed by atoms with E-state index in [1.807, 2.05) is 47.8 Å². The number of amides is 1. The average molecular weight is 337 g/mol. The van der Waals surface area contributed by atoms with Gasteiger partial charge in [-0.1, -0.05) is 0 Å². The number of carbonyl (C=O) groups is 1. The molecule has 6 heteroatoms. The molecular formula is C19H23N5O. The number of rotatable bonds is 2. The predicted molar refractivity (Wildman–Crippen MR) is 97.6 cm³/mol. The van der Waals surface area contributed by atoms with E-state index < -0.39 is 0 Å². The highest BCUT2D eigenvalue weighted by Gasteiger charge is 2.35. The van der Waals surface area contributed by atoms with E-state index in [0.29, 0.717) is 18.7 Å². The molecule has 25 heavy (non-hydrogen) atoms. The van der Waals surface area contributed by atoms with E-state index in [-0.39, 0.29) is 17.9 Å². The predicted octanol–water partition coefficient (Wildman–Crippen LogP) is 2.09. The van der Waals surface area contributed by atoms with Crippen LogP contribution in [0.2, 0.25) is 0 Å². The van der Waals surface area contributed by atoms with Crippen molar-refractivity contribution in [1.82, 2.24) is 19.4 Å². The van der Waals surface area contributed by atoms with Crippen LogP contribution in [0.15, 0.2) is 30.7 Å². The van der Waals surface area contributed by atoms with Gasteiger partial charge in [0.1, 0.15) is 0 Å². The highest BCUT2D eigenvalue weighted by Crippen LogP contribution is 2.28. The number of imidazole rings is 1. The number of aromatic amines is 1. The van der Waals surface area contributed by atoms with Crippen LogP contribution in [0.3, 0.4) is 0 Å². The fourth-order valence-corrected chi connectivity index (χ4v) is 3.71. The summed E-state index contributed by atoms with van der Waals surface area (Å²) in [5.74, 6) is 0.124. The van der Waals surface area contributed by atoms with Crippen LogP contribution >= 0.6 is 0 Å². The van der Waals surface area contributed by atoms with E-state index in [1.54, 1.807) is 6.33 Å². The van der Waals surface area contributed by atoms with E-state index in [9.17, 15) is 4.79 Å². The molecule has 4 rings (SSSR count). The number of hydrogen-bond acceptors (Lipinski definition) is 3. The molecule has 0 saturated carbocycles. The lowest BCUT2D eigenvalue weighted by Crippen LogP contribution is -2.32. The van der Waals surface area contributed by atoms with Gasteiger partial charge in [0.25, 0.3) is 5.91 Å². The van der Waals surface area contributed by atoms with Gasteiger partial charge < -0.3 is 20.2 Å². The first-order valence-electron chi connectivity index (χ1n) is 8.55. The molecule has 0 unspecified atom stereocenters. The number of benzene rings is 1. The Hall–Kier alpha value is -2.60. The number of nitrogens with two attached hydrogens (primary N) is 1. The van der Waals surface area contributed by atoms with Gasteiger partial charge in [0.2, 0.25) is 0 Å². The largest absolute Gasteiger partial charge is 0.358 e. The van der Waals surface area contributed by atoms with Gasteiger partial charge in [0.15, 0.2) is 0 Å². The van der Waals surface area contributed by atoms with Crippen molar-refractivity contribution in [2.24, 2.45) is 12.8 Å². The van der Waals surface area contributed by atoms with Crippen molar-refractivity contribution < 1.29 is 4.79 Å². The van der Waals surface area contributed by atoms with Crippen LogP contribution in [-0.2, 0) is 7.05 Å². The number of hydrogen-bond donors (Lipinski definition) is 2. The van der Waals surface area contributed by atoms with Gasteiger partial charge in [-0.15, -0.1) is 0 Å². The Labute approximate surface area is 146 Å². The highest BCUT2D eigenvalue weighted by atomic mass is 16.2. The van der Waals surface area contributed by atoms with Crippen molar-refractivity contribution in [2.45, 2.75) is 25.8 Å². The third-order valence-corrected chi connectivity index (χ3v) is 5.31. The molecule has 0 bridgehead atoms. The molecule has 130 valence electrons. The minimum atomic E-state index is -0.0844. The van der Waals surface area contributed by atoms with Gasteiger partial charge in [-0.05, 0) is 37.6 Å². The molecule has 1 aromatic carbocycles. The van der Waals surface area contributed by atoms with Crippen molar-refractivity contribution in [3.8, 4) is 0 Å². The van der Waals surface area contributed by atoms with Gasteiger partial charge in [0.05, 0.1) is 12.0 Å². The van der Waals surface area contributed by atoms with Crippen LogP contribution < -0.4 is 5.73 Å². The minimum Gasteiger partial charge on any atom is -0.358 e. The van der Waals surface area contributed by atoms with Gasteiger partial charge in [-0.2, -0.15) is 0 Å². The lowest BCUT2D eigenvalue weighted by atomic mass is 10.0. The second kappa shape index (κ2) is 5.74. The second-order valence-corrected chi connectivity index (χ2v) is 7.08. The molecule has 3 N–H and O–H groups in total. The van der Waals surface area contributed by atoms with Crippen molar-refractivity contribution >= 4 is 16.8 Å². The molecule has 1 aliphatic rings. The van der Waals surface area contributed by atoms with E-state index in [4.69, 9.17) is 5.73 Å². The van der Waals surface area contributed by atoms with Crippen molar-refractivity contribution in [2.75, 3.05) is 13.1 Å². The number of fused-ring (bicyclic) bond motifs is 1. The molecule has 0 spiro atoms. The molecule has 0 radical (unpaired) electrons. The number of likely N-dealkylation sites (tertiary alicyclic amines) is 1. The quantitative estimate of drug-likeness (QED) is 0.751.